The monoisotopic (exact) mass is 486 g/mol. The average molecular weight is 486 g/mol. The SMILES string of the molecule is CCNC(=NCC(=O)NCc1ccco1)NCCC(O)c1ccccc1.I. The minimum atomic E-state index is -0.539. The number of aliphatic hydroxyl groups excluding tert-OH is 1. The summed E-state index contributed by atoms with van der Waals surface area (Å²) in [6.45, 7) is 3.52. The van der Waals surface area contributed by atoms with Gasteiger partial charge in [-0.05, 0) is 31.0 Å². The van der Waals surface area contributed by atoms with Crippen LogP contribution in [-0.2, 0) is 11.3 Å². The maximum Gasteiger partial charge on any atom is 0.242 e. The van der Waals surface area contributed by atoms with Crippen molar-refractivity contribution in [3.05, 3.63) is 60.1 Å². The molecule has 0 fully saturated rings. The van der Waals surface area contributed by atoms with Gasteiger partial charge in [0.2, 0.25) is 5.91 Å². The van der Waals surface area contributed by atoms with Gasteiger partial charge in [-0.1, -0.05) is 30.3 Å². The van der Waals surface area contributed by atoms with E-state index in [1.165, 1.54) is 0 Å². The molecule has 0 saturated heterocycles. The first-order valence-corrected chi connectivity index (χ1v) is 8.73. The Kier molecular flexibility index (Phi) is 11.2. The van der Waals surface area contributed by atoms with E-state index >= 15 is 0 Å². The lowest BCUT2D eigenvalue weighted by atomic mass is 10.1. The predicted molar refractivity (Wildman–Crippen MR) is 116 cm³/mol. The van der Waals surface area contributed by atoms with Crippen molar-refractivity contribution >= 4 is 35.8 Å². The minimum absolute atomic E-state index is 0. The molecule has 1 amide bonds. The van der Waals surface area contributed by atoms with E-state index in [9.17, 15) is 9.90 Å². The highest BCUT2D eigenvalue weighted by atomic mass is 127. The van der Waals surface area contributed by atoms with Crippen LogP contribution in [0.1, 0.15) is 30.8 Å². The fourth-order valence-electron chi connectivity index (χ4n) is 2.32. The first kappa shape index (κ1) is 23.0. The van der Waals surface area contributed by atoms with Gasteiger partial charge in [0.1, 0.15) is 12.3 Å². The Balaban J connectivity index is 0.00000364. The number of nitrogens with one attached hydrogen (secondary N) is 3. The van der Waals surface area contributed by atoms with Crippen molar-refractivity contribution < 1.29 is 14.3 Å². The molecule has 1 heterocycles. The maximum absolute atomic E-state index is 11.9. The zero-order valence-electron chi connectivity index (χ0n) is 15.4. The third kappa shape index (κ3) is 8.91. The highest BCUT2D eigenvalue weighted by Crippen LogP contribution is 2.14. The van der Waals surface area contributed by atoms with Crippen LogP contribution in [0.2, 0.25) is 0 Å². The normalized spacial score (nSPS) is 12.0. The van der Waals surface area contributed by atoms with Crippen LogP contribution in [0.5, 0.6) is 0 Å². The van der Waals surface area contributed by atoms with E-state index in [-0.39, 0.29) is 36.4 Å². The molecule has 4 N–H and O–H groups in total. The highest BCUT2D eigenvalue weighted by Gasteiger charge is 2.07. The topological polar surface area (TPSA) is 98.9 Å². The van der Waals surface area contributed by atoms with Gasteiger partial charge >= 0.3 is 0 Å². The van der Waals surface area contributed by atoms with E-state index in [0.29, 0.717) is 37.8 Å². The number of benzene rings is 1. The number of nitrogens with zero attached hydrogens (tertiary/aromatic N) is 1. The lowest BCUT2D eigenvalue weighted by Gasteiger charge is -2.14. The molecule has 0 spiro atoms. The molecular weight excluding hydrogens is 459 g/mol. The van der Waals surface area contributed by atoms with Crippen molar-refractivity contribution in [2.45, 2.75) is 26.0 Å². The number of guanidine groups is 1. The fraction of sp³-hybridized carbons (Fsp3) is 0.368. The summed E-state index contributed by atoms with van der Waals surface area (Å²) < 4.78 is 5.16. The van der Waals surface area contributed by atoms with Gasteiger partial charge in [0, 0.05) is 13.1 Å². The number of hydrogen-bond acceptors (Lipinski definition) is 4. The summed E-state index contributed by atoms with van der Waals surface area (Å²) in [5, 5.41) is 19.1. The third-order valence-electron chi connectivity index (χ3n) is 3.66. The summed E-state index contributed by atoms with van der Waals surface area (Å²) in [6.07, 6.45) is 1.57. The molecule has 1 aromatic heterocycles. The van der Waals surface area contributed by atoms with Gasteiger partial charge in [-0.3, -0.25) is 4.79 Å². The quantitative estimate of drug-likeness (QED) is 0.248. The smallest absolute Gasteiger partial charge is 0.242 e. The summed E-state index contributed by atoms with van der Waals surface area (Å²) in [6, 6.07) is 13.1. The summed E-state index contributed by atoms with van der Waals surface area (Å²) >= 11 is 0. The highest BCUT2D eigenvalue weighted by molar-refractivity contribution is 14.0. The molecule has 7 nitrogen and oxygen atoms in total. The van der Waals surface area contributed by atoms with Crippen LogP contribution >= 0.6 is 24.0 Å². The molecule has 0 aliphatic carbocycles. The molecule has 0 saturated carbocycles. The number of aliphatic imine (C=N–C) groups is 1. The number of amides is 1. The van der Waals surface area contributed by atoms with Gasteiger partial charge in [0.25, 0.3) is 0 Å². The van der Waals surface area contributed by atoms with Crippen LogP contribution in [0, 0.1) is 0 Å². The second-order valence-electron chi connectivity index (χ2n) is 5.69. The van der Waals surface area contributed by atoms with Crippen molar-refractivity contribution in [3.63, 3.8) is 0 Å². The van der Waals surface area contributed by atoms with Gasteiger partial charge < -0.3 is 25.5 Å². The maximum atomic E-state index is 11.9. The summed E-state index contributed by atoms with van der Waals surface area (Å²) in [5.74, 6) is 1.05. The molecule has 8 heteroatoms. The van der Waals surface area contributed by atoms with Crippen LogP contribution in [0.25, 0.3) is 0 Å². The van der Waals surface area contributed by atoms with E-state index in [0.717, 1.165) is 5.56 Å². The van der Waals surface area contributed by atoms with E-state index in [2.05, 4.69) is 20.9 Å². The number of rotatable bonds is 9. The lowest BCUT2D eigenvalue weighted by molar-refractivity contribution is -0.119. The average Bonchev–Trinajstić information content (AvgIpc) is 3.18. The van der Waals surface area contributed by atoms with Crippen molar-refractivity contribution in [2.24, 2.45) is 4.99 Å². The molecule has 0 radical (unpaired) electrons. The molecule has 0 aliphatic heterocycles. The molecule has 2 aromatic rings. The van der Waals surface area contributed by atoms with Crippen LogP contribution in [0.3, 0.4) is 0 Å². The van der Waals surface area contributed by atoms with Crippen LogP contribution < -0.4 is 16.0 Å². The van der Waals surface area contributed by atoms with Crippen molar-refractivity contribution in [2.75, 3.05) is 19.6 Å². The molecular formula is C19H27IN4O3. The molecule has 1 unspecified atom stereocenters. The van der Waals surface area contributed by atoms with E-state index in [4.69, 9.17) is 4.42 Å². The second-order valence-corrected chi connectivity index (χ2v) is 5.69. The molecule has 27 heavy (non-hydrogen) atoms. The number of halogens is 1. The summed E-state index contributed by atoms with van der Waals surface area (Å²) in [5.41, 5.74) is 0.883. The molecule has 2 rings (SSSR count). The van der Waals surface area contributed by atoms with E-state index < -0.39 is 6.10 Å². The number of hydrogen-bond donors (Lipinski definition) is 4. The standard InChI is InChI=1S/C19H26N4O3.HI/c1-2-20-19(21-11-10-17(24)15-7-4-3-5-8-15)23-14-18(25)22-13-16-9-6-12-26-16;/h3-9,12,17,24H,2,10-11,13-14H2,1H3,(H,22,25)(H2,20,21,23);1H. The predicted octanol–water partition coefficient (Wildman–Crippen LogP) is 2.19. The first-order valence-electron chi connectivity index (χ1n) is 8.73. The van der Waals surface area contributed by atoms with Gasteiger partial charge in [-0.15, -0.1) is 24.0 Å². The second kappa shape index (κ2) is 13.2. The van der Waals surface area contributed by atoms with Crippen molar-refractivity contribution in [3.8, 4) is 0 Å². The Bertz CT molecular complexity index is 678. The number of aliphatic hydroxyl groups is 1. The molecule has 148 valence electrons. The Morgan fingerprint density at radius 3 is 2.59 bits per heavy atom. The summed E-state index contributed by atoms with van der Waals surface area (Å²) in [7, 11) is 0. The fourth-order valence-corrected chi connectivity index (χ4v) is 2.32. The van der Waals surface area contributed by atoms with Gasteiger partial charge in [0.15, 0.2) is 5.96 Å². The third-order valence-corrected chi connectivity index (χ3v) is 3.66. The van der Waals surface area contributed by atoms with Crippen molar-refractivity contribution in [1.29, 1.82) is 0 Å². The largest absolute Gasteiger partial charge is 0.467 e. The zero-order chi connectivity index (χ0) is 18.6. The zero-order valence-corrected chi connectivity index (χ0v) is 17.7. The molecule has 0 bridgehead atoms. The van der Waals surface area contributed by atoms with Crippen LogP contribution in [-0.4, -0.2) is 36.6 Å². The molecule has 1 aromatic carbocycles. The number of furan rings is 1. The van der Waals surface area contributed by atoms with Gasteiger partial charge in [0.05, 0.1) is 18.9 Å². The van der Waals surface area contributed by atoms with Gasteiger partial charge in [-0.2, -0.15) is 0 Å². The molecule has 0 aliphatic rings. The minimum Gasteiger partial charge on any atom is -0.467 e. The van der Waals surface area contributed by atoms with Crippen molar-refractivity contribution in [1.82, 2.24) is 16.0 Å². The van der Waals surface area contributed by atoms with Gasteiger partial charge in [-0.25, -0.2) is 4.99 Å². The lowest BCUT2D eigenvalue weighted by Crippen LogP contribution is -2.39. The number of carbonyl (C=O) groups excluding carboxylic acids is 1. The Labute approximate surface area is 176 Å². The Morgan fingerprint density at radius 1 is 1.15 bits per heavy atom. The van der Waals surface area contributed by atoms with E-state index in [1.807, 2.05) is 37.3 Å². The molecule has 1 atom stereocenters. The van der Waals surface area contributed by atoms with E-state index in [1.54, 1.807) is 18.4 Å². The van der Waals surface area contributed by atoms with Crippen LogP contribution in [0.15, 0.2) is 58.1 Å². The Hall–Kier alpha value is -2.07. The Morgan fingerprint density at radius 2 is 1.93 bits per heavy atom. The summed E-state index contributed by atoms with van der Waals surface area (Å²) in [4.78, 5) is 16.1. The first-order chi connectivity index (χ1) is 12.7. The van der Waals surface area contributed by atoms with Crippen LogP contribution in [0.4, 0.5) is 0 Å². The number of carbonyl (C=O) groups is 1.